The smallest absolute Gasteiger partial charge is 0.122 e. The van der Waals surface area contributed by atoms with Gasteiger partial charge in [-0.2, -0.15) is 0 Å². The lowest BCUT2D eigenvalue weighted by atomic mass is 10.2. The van der Waals surface area contributed by atoms with E-state index in [1.807, 2.05) is 55.5 Å². The summed E-state index contributed by atoms with van der Waals surface area (Å²) in [6.07, 6.45) is 2.68. The van der Waals surface area contributed by atoms with Gasteiger partial charge in [0, 0.05) is 6.54 Å². The monoisotopic (exact) mass is 341 g/mol. The van der Waals surface area contributed by atoms with E-state index in [9.17, 15) is 5.11 Å². The first-order chi connectivity index (χ1) is 12.2. The molecule has 5 nitrogen and oxygen atoms in total. The maximum absolute atomic E-state index is 10.4. The zero-order chi connectivity index (χ0) is 17.5. The van der Waals surface area contributed by atoms with E-state index in [1.165, 1.54) is 0 Å². The highest BCUT2D eigenvalue weighted by Gasteiger charge is 2.16. The van der Waals surface area contributed by atoms with E-state index in [-0.39, 0.29) is 6.61 Å². The van der Waals surface area contributed by atoms with Gasteiger partial charge >= 0.3 is 0 Å². The second-order valence-electron chi connectivity index (χ2n) is 6.06. The minimum atomic E-state index is -0.621. The number of nitrogens with zero attached hydrogens (tertiary/aromatic N) is 1. The average molecular weight is 341 g/mol. The van der Waals surface area contributed by atoms with Gasteiger partial charge in [0.1, 0.15) is 30.0 Å². The Labute approximate surface area is 147 Å². The van der Waals surface area contributed by atoms with Crippen molar-refractivity contribution >= 4 is 0 Å². The van der Waals surface area contributed by atoms with Crippen LogP contribution in [0.2, 0.25) is 0 Å². The van der Waals surface area contributed by atoms with E-state index in [0.717, 1.165) is 22.8 Å². The van der Waals surface area contributed by atoms with Gasteiger partial charge in [-0.25, -0.2) is 0 Å². The van der Waals surface area contributed by atoms with Gasteiger partial charge in [-0.15, -0.1) is 0 Å². The maximum Gasteiger partial charge on any atom is 0.122 e. The van der Waals surface area contributed by atoms with E-state index in [0.29, 0.717) is 19.6 Å². The SMILES string of the molecule is Cc1ccccc1OC[C@H](O)CN(Cc1ccco1)Cc1ccco1. The summed E-state index contributed by atoms with van der Waals surface area (Å²) < 4.78 is 16.6. The van der Waals surface area contributed by atoms with Crippen LogP contribution in [-0.2, 0) is 13.1 Å². The van der Waals surface area contributed by atoms with Gasteiger partial charge in [0.2, 0.25) is 0 Å². The highest BCUT2D eigenvalue weighted by Crippen LogP contribution is 2.17. The molecule has 3 aromatic rings. The van der Waals surface area contributed by atoms with Gasteiger partial charge in [-0.3, -0.25) is 4.90 Å². The van der Waals surface area contributed by atoms with Crippen molar-refractivity contribution in [1.82, 2.24) is 4.90 Å². The number of aryl methyl sites for hydroxylation is 1. The van der Waals surface area contributed by atoms with Crippen molar-refractivity contribution in [3.05, 3.63) is 78.1 Å². The van der Waals surface area contributed by atoms with Crippen molar-refractivity contribution in [2.75, 3.05) is 13.2 Å². The predicted molar refractivity (Wildman–Crippen MR) is 94.2 cm³/mol. The molecule has 0 saturated carbocycles. The maximum atomic E-state index is 10.4. The van der Waals surface area contributed by atoms with Gasteiger partial charge < -0.3 is 18.7 Å². The van der Waals surface area contributed by atoms with Crippen LogP contribution in [0.4, 0.5) is 0 Å². The number of aliphatic hydroxyl groups is 1. The molecule has 0 aliphatic rings. The molecule has 0 unspecified atom stereocenters. The fourth-order valence-electron chi connectivity index (χ4n) is 2.69. The van der Waals surface area contributed by atoms with Crippen LogP contribution in [0.5, 0.6) is 5.75 Å². The summed E-state index contributed by atoms with van der Waals surface area (Å²) in [4.78, 5) is 2.07. The largest absolute Gasteiger partial charge is 0.491 e. The molecule has 1 N–H and O–H groups in total. The van der Waals surface area contributed by atoms with E-state index < -0.39 is 6.10 Å². The Hall–Kier alpha value is -2.50. The second-order valence-corrected chi connectivity index (χ2v) is 6.06. The molecule has 0 saturated heterocycles. The zero-order valence-electron chi connectivity index (χ0n) is 14.3. The van der Waals surface area contributed by atoms with Gasteiger partial charge in [-0.1, -0.05) is 18.2 Å². The van der Waals surface area contributed by atoms with Crippen molar-refractivity contribution in [3.63, 3.8) is 0 Å². The number of hydrogen-bond donors (Lipinski definition) is 1. The lowest BCUT2D eigenvalue weighted by Gasteiger charge is -2.23. The van der Waals surface area contributed by atoms with Crippen LogP contribution in [0, 0.1) is 6.92 Å². The molecule has 0 amide bonds. The zero-order valence-corrected chi connectivity index (χ0v) is 14.3. The van der Waals surface area contributed by atoms with Crippen molar-refractivity contribution in [1.29, 1.82) is 0 Å². The van der Waals surface area contributed by atoms with Crippen molar-refractivity contribution in [2.45, 2.75) is 26.1 Å². The Balaban J connectivity index is 1.57. The lowest BCUT2D eigenvalue weighted by molar-refractivity contribution is 0.0578. The average Bonchev–Trinajstić information content (AvgIpc) is 3.28. The standard InChI is InChI=1S/C20H23NO4/c1-16-6-2-3-9-20(16)25-15-17(22)12-21(13-18-7-4-10-23-18)14-19-8-5-11-24-19/h2-11,17,22H,12-15H2,1H3/t17-/m1/s1. The van der Waals surface area contributed by atoms with Crippen LogP contribution in [0.15, 0.2) is 69.9 Å². The summed E-state index contributed by atoms with van der Waals surface area (Å²) in [6, 6.07) is 15.3. The Morgan fingerprint density at radius 1 is 0.960 bits per heavy atom. The van der Waals surface area contributed by atoms with Crippen LogP contribution in [0.1, 0.15) is 17.1 Å². The summed E-state index contributed by atoms with van der Waals surface area (Å²) in [5.74, 6) is 2.49. The van der Waals surface area contributed by atoms with Gasteiger partial charge in [0.15, 0.2) is 0 Å². The van der Waals surface area contributed by atoms with Crippen molar-refractivity contribution < 1.29 is 18.7 Å². The fourth-order valence-corrected chi connectivity index (χ4v) is 2.69. The van der Waals surface area contributed by atoms with Crippen molar-refractivity contribution in [2.24, 2.45) is 0 Å². The number of para-hydroxylation sites is 1. The molecule has 0 spiro atoms. The van der Waals surface area contributed by atoms with Gasteiger partial charge in [0.05, 0.1) is 25.6 Å². The number of aliphatic hydroxyl groups excluding tert-OH is 1. The summed E-state index contributed by atoms with van der Waals surface area (Å²) in [7, 11) is 0. The first kappa shape index (κ1) is 17.3. The number of hydrogen-bond acceptors (Lipinski definition) is 5. The van der Waals surface area contributed by atoms with E-state index in [2.05, 4.69) is 4.90 Å². The van der Waals surface area contributed by atoms with Gasteiger partial charge in [0.25, 0.3) is 0 Å². The molecule has 2 aromatic heterocycles. The molecule has 0 aliphatic carbocycles. The van der Waals surface area contributed by atoms with Crippen LogP contribution in [-0.4, -0.2) is 29.3 Å². The molecule has 0 bridgehead atoms. The third kappa shape index (κ3) is 5.24. The van der Waals surface area contributed by atoms with E-state index in [4.69, 9.17) is 13.6 Å². The number of ether oxygens (including phenoxy) is 1. The molecule has 25 heavy (non-hydrogen) atoms. The highest BCUT2D eigenvalue weighted by molar-refractivity contribution is 5.31. The van der Waals surface area contributed by atoms with E-state index in [1.54, 1.807) is 12.5 Å². The first-order valence-electron chi connectivity index (χ1n) is 8.34. The fraction of sp³-hybridized carbons (Fsp3) is 0.300. The van der Waals surface area contributed by atoms with Crippen LogP contribution >= 0.6 is 0 Å². The molecule has 0 aliphatic heterocycles. The Bertz CT molecular complexity index is 701. The minimum Gasteiger partial charge on any atom is -0.491 e. The number of furan rings is 2. The van der Waals surface area contributed by atoms with Crippen LogP contribution < -0.4 is 4.74 Å². The van der Waals surface area contributed by atoms with Crippen LogP contribution in [0.25, 0.3) is 0 Å². The molecule has 1 atom stereocenters. The topological polar surface area (TPSA) is 59.0 Å². The molecule has 132 valence electrons. The Kier molecular flexibility index (Phi) is 5.93. The molecule has 1 aromatic carbocycles. The number of benzene rings is 1. The first-order valence-corrected chi connectivity index (χ1v) is 8.34. The highest BCUT2D eigenvalue weighted by atomic mass is 16.5. The molecule has 0 radical (unpaired) electrons. The van der Waals surface area contributed by atoms with Gasteiger partial charge in [-0.05, 0) is 42.8 Å². The summed E-state index contributed by atoms with van der Waals surface area (Å²) in [5, 5.41) is 10.4. The molecular formula is C20H23NO4. The predicted octanol–water partition coefficient (Wildman–Crippen LogP) is 3.62. The lowest BCUT2D eigenvalue weighted by Crippen LogP contribution is -2.35. The third-order valence-electron chi connectivity index (χ3n) is 3.91. The second kappa shape index (κ2) is 8.55. The summed E-state index contributed by atoms with van der Waals surface area (Å²) in [5.41, 5.74) is 1.05. The Morgan fingerprint density at radius 3 is 2.16 bits per heavy atom. The molecular weight excluding hydrogens is 318 g/mol. The van der Waals surface area contributed by atoms with Crippen LogP contribution in [0.3, 0.4) is 0 Å². The molecule has 3 rings (SSSR count). The summed E-state index contributed by atoms with van der Waals surface area (Å²) >= 11 is 0. The number of rotatable bonds is 9. The molecule has 2 heterocycles. The Morgan fingerprint density at radius 2 is 1.60 bits per heavy atom. The quantitative estimate of drug-likeness (QED) is 0.644. The van der Waals surface area contributed by atoms with E-state index >= 15 is 0 Å². The summed E-state index contributed by atoms with van der Waals surface area (Å²) in [6.45, 7) is 3.86. The molecule has 5 heteroatoms. The third-order valence-corrected chi connectivity index (χ3v) is 3.91. The normalized spacial score (nSPS) is 12.4. The minimum absolute atomic E-state index is 0.234. The molecule has 0 fully saturated rings. The van der Waals surface area contributed by atoms with Crippen molar-refractivity contribution in [3.8, 4) is 5.75 Å².